The Morgan fingerprint density at radius 2 is 1.89 bits per heavy atom. The molecule has 0 radical (unpaired) electrons. The van der Waals surface area contributed by atoms with Crippen LogP contribution in [0.1, 0.15) is 44.6 Å². The summed E-state index contributed by atoms with van der Waals surface area (Å²) >= 11 is 3.52. The molecule has 1 fully saturated rings. The minimum Gasteiger partial charge on any atom is -0.492 e. The Bertz CT molecular complexity index is 944. The Hall–Kier alpha value is -2.02. The molecule has 0 bridgehead atoms. The number of benzene rings is 1. The third kappa shape index (κ3) is 12.4. The smallest absolute Gasteiger partial charge is 0.286 e. The minimum atomic E-state index is -0.399. The lowest BCUT2D eigenvalue weighted by Gasteiger charge is -2.18. The first kappa shape index (κ1) is 31.2. The molecule has 1 saturated heterocycles. The standard InChI is InChI=1S/C25H35N3O6S3/c1-17(29)36-20(11-14-35-23(31)16-26)5-3-4-6-22(30)28(2)12-13-34-19-9-7-18(8-10-19)15-21-24(32)27-25(33)37-21/h7-10,20-21H,3-6,11-16,26H2,1-2H3,(H,27,32,33). The van der Waals surface area contributed by atoms with Crippen molar-refractivity contribution in [1.82, 2.24) is 10.2 Å². The maximum Gasteiger partial charge on any atom is 0.286 e. The SMILES string of the molecule is CC(=O)SC(CCCCC(=O)N(C)CCOc1ccc(CC2SC(=O)NC2=O)cc1)CCSC(=O)CN. The molecule has 37 heavy (non-hydrogen) atoms. The number of nitrogens with one attached hydrogen (secondary N) is 1. The molecule has 1 aliphatic heterocycles. The van der Waals surface area contributed by atoms with E-state index in [4.69, 9.17) is 10.5 Å². The van der Waals surface area contributed by atoms with Crippen molar-refractivity contribution in [3.63, 3.8) is 0 Å². The first-order valence-corrected chi connectivity index (χ1v) is 14.9. The number of nitrogens with two attached hydrogens (primary N) is 1. The van der Waals surface area contributed by atoms with E-state index in [1.165, 1.54) is 23.5 Å². The van der Waals surface area contributed by atoms with E-state index < -0.39 is 5.25 Å². The number of nitrogens with zero attached hydrogens (tertiary/aromatic N) is 1. The number of carbonyl (C=O) groups is 5. The van der Waals surface area contributed by atoms with Crippen molar-refractivity contribution in [2.24, 2.45) is 5.73 Å². The number of ether oxygens (including phenoxy) is 1. The molecule has 0 aliphatic carbocycles. The van der Waals surface area contributed by atoms with Crippen LogP contribution in [-0.4, -0.2) is 75.2 Å². The number of rotatable bonds is 16. The van der Waals surface area contributed by atoms with Crippen molar-refractivity contribution in [3.05, 3.63) is 29.8 Å². The Labute approximate surface area is 230 Å². The van der Waals surface area contributed by atoms with Crippen molar-refractivity contribution in [2.45, 2.75) is 55.9 Å². The number of carbonyl (C=O) groups excluding carboxylic acids is 5. The molecule has 0 aromatic heterocycles. The van der Waals surface area contributed by atoms with Gasteiger partial charge in [-0.25, -0.2) is 0 Å². The third-order valence-electron chi connectivity index (χ3n) is 5.60. The van der Waals surface area contributed by atoms with Crippen LogP contribution in [0, 0.1) is 0 Å². The molecule has 0 spiro atoms. The molecule has 1 aliphatic rings. The van der Waals surface area contributed by atoms with Crippen LogP contribution in [0.25, 0.3) is 0 Å². The summed E-state index contributed by atoms with van der Waals surface area (Å²) in [6, 6.07) is 7.37. The van der Waals surface area contributed by atoms with Crippen molar-refractivity contribution < 1.29 is 28.7 Å². The maximum absolute atomic E-state index is 12.4. The van der Waals surface area contributed by atoms with Crippen LogP contribution < -0.4 is 15.8 Å². The first-order chi connectivity index (χ1) is 17.7. The molecule has 1 aromatic rings. The highest BCUT2D eigenvalue weighted by Crippen LogP contribution is 2.25. The van der Waals surface area contributed by atoms with E-state index in [1.54, 1.807) is 18.9 Å². The summed E-state index contributed by atoms with van der Waals surface area (Å²) in [6.07, 6.45) is 4.04. The normalized spacial score (nSPS) is 15.8. The van der Waals surface area contributed by atoms with Crippen molar-refractivity contribution in [2.75, 3.05) is 32.5 Å². The zero-order chi connectivity index (χ0) is 27.2. The fourth-order valence-corrected chi connectivity index (χ4v) is 6.33. The average Bonchev–Trinajstić information content (AvgIpc) is 3.17. The van der Waals surface area contributed by atoms with E-state index in [1.807, 2.05) is 24.3 Å². The topological polar surface area (TPSA) is 136 Å². The van der Waals surface area contributed by atoms with E-state index >= 15 is 0 Å². The van der Waals surface area contributed by atoms with Gasteiger partial charge in [0.1, 0.15) is 12.4 Å². The van der Waals surface area contributed by atoms with E-state index in [0.29, 0.717) is 37.5 Å². The van der Waals surface area contributed by atoms with Gasteiger partial charge in [0.25, 0.3) is 5.24 Å². The summed E-state index contributed by atoms with van der Waals surface area (Å²) in [5.74, 6) is 1.10. The Morgan fingerprint density at radius 1 is 1.16 bits per heavy atom. The third-order valence-corrected chi connectivity index (χ3v) is 8.65. The van der Waals surface area contributed by atoms with Gasteiger partial charge in [0.15, 0.2) is 5.12 Å². The highest BCUT2D eigenvalue weighted by atomic mass is 32.2. The summed E-state index contributed by atoms with van der Waals surface area (Å²) < 4.78 is 5.75. The van der Waals surface area contributed by atoms with Crippen molar-refractivity contribution in [3.8, 4) is 5.75 Å². The monoisotopic (exact) mass is 569 g/mol. The van der Waals surface area contributed by atoms with Crippen LogP contribution in [0.3, 0.4) is 0 Å². The second kappa shape index (κ2) is 16.7. The molecule has 3 N–H and O–H groups in total. The molecule has 9 nitrogen and oxygen atoms in total. The number of unbranched alkanes of at least 4 members (excludes halogenated alkanes) is 1. The fourth-order valence-electron chi connectivity index (χ4n) is 3.59. The predicted molar refractivity (Wildman–Crippen MR) is 150 cm³/mol. The largest absolute Gasteiger partial charge is 0.492 e. The molecule has 12 heteroatoms. The molecule has 3 amide bonds. The summed E-state index contributed by atoms with van der Waals surface area (Å²) in [4.78, 5) is 60.0. The number of hydrogen-bond donors (Lipinski definition) is 2. The fraction of sp³-hybridized carbons (Fsp3) is 0.560. The average molecular weight is 570 g/mol. The van der Waals surface area contributed by atoms with Gasteiger partial charge in [-0.2, -0.15) is 0 Å². The first-order valence-electron chi connectivity index (χ1n) is 12.2. The maximum atomic E-state index is 12.4. The number of likely N-dealkylation sites (N-methyl/N-ethyl adjacent to an activating group) is 1. The van der Waals surface area contributed by atoms with Gasteiger partial charge >= 0.3 is 0 Å². The molecule has 2 atom stereocenters. The van der Waals surface area contributed by atoms with Gasteiger partial charge in [-0.3, -0.25) is 29.3 Å². The molecule has 1 heterocycles. The van der Waals surface area contributed by atoms with Crippen LogP contribution in [-0.2, 0) is 25.6 Å². The molecule has 1 aromatic carbocycles. The molecule has 0 saturated carbocycles. The lowest BCUT2D eigenvalue weighted by atomic mass is 10.1. The van der Waals surface area contributed by atoms with Gasteiger partial charge < -0.3 is 15.4 Å². The van der Waals surface area contributed by atoms with E-state index in [9.17, 15) is 24.0 Å². The lowest BCUT2D eigenvalue weighted by Crippen LogP contribution is -2.30. The molecule has 2 rings (SSSR count). The van der Waals surface area contributed by atoms with Gasteiger partial charge in [-0.05, 0) is 43.4 Å². The van der Waals surface area contributed by atoms with Crippen molar-refractivity contribution in [1.29, 1.82) is 0 Å². The minimum absolute atomic E-state index is 0.0210. The summed E-state index contributed by atoms with van der Waals surface area (Å²) in [7, 11) is 1.75. The van der Waals surface area contributed by atoms with E-state index in [2.05, 4.69) is 5.32 Å². The molecule has 2 unspecified atom stereocenters. The van der Waals surface area contributed by atoms with Crippen LogP contribution in [0.2, 0.25) is 0 Å². The second-order valence-corrected chi connectivity index (χ2v) is 12.4. The van der Waals surface area contributed by atoms with Crippen LogP contribution in [0.5, 0.6) is 5.75 Å². The zero-order valence-electron chi connectivity index (χ0n) is 21.2. The molecular weight excluding hydrogens is 534 g/mol. The summed E-state index contributed by atoms with van der Waals surface area (Å²) in [6.45, 7) is 2.38. The van der Waals surface area contributed by atoms with Gasteiger partial charge in [-0.15, -0.1) is 0 Å². The Kier molecular flexibility index (Phi) is 14.1. The van der Waals surface area contributed by atoms with Crippen LogP contribution >= 0.6 is 35.3 Å². The van der Waals surface area contributed by atoms with Gasteiger partial charge in [0, 0.05) is 31.4 Å². The van der Waals surface area contributed by atoms with E-state index in [0.717, 1.165) is 43.0 Å². The lowest BCUT2D eigenvalue weighted by molar-refractivity contribution is -0.130. The van der Waals surface area contributed by atoms with Crippen LogP contribution in [0.4, 0.5) is 4.79 Å². The Balaban J connectivity index is 1.63. The molecular formula is C25H35N3O6S3. The second-order valence-electron chi connectivity index (χ2n) is 8.59. The highest BCUT2D eigenvalue weighted by Gasteiger charge is 2.31. The van der Waals surface area contributed by atoms with Crippen LogP contribution in [0.15, 0.2) is 24.3 Å². The number of hydrogen-bond acceptors (Lipinski definition) is 10. The van der Waals surface area contributed by atoms with Gasteiger partial charge in [0.2, 0.25) is 16.9 Å². The zero-order valence-corrected chi connectivity index (χ0v) is 23.7. The number of amides is 3. The van der Waals surface area contributed by atoms with Gasteiger partial charge in [-0.1, -0.05) is 53.8 Å². The molecule has 204 valence electrons. The van der Waals surface area contributed by atoms with E-state index in [-0.39, 0.29) is 39.1 Å². The van der Waals surface area contributed by atoms with Crippen molar-refractivity contribution >= 4 is 62.6 Å². The number of imide groups is 1. The summed E-state index contributed by atoms with van der Waals surface area (Å²) in [5, 5.41) is 1.73. The number of thioether (sulfide) groups is 3. The quantitative estimate of drug-likeness (QED) is 0.286. The Morgan fingerprint density at radius 3 is 2.51 bits per heavy atom. The highest BCUT2D eigenvalue weighted by molar-refractivity contribution is 8.15. The predicted octanol–water partition coefficient (Wildman–Crippen LogP) is 3.24. The summed E-state index contributed by atoms with van der Waals surface area (Å²) in [5.41, 5.74) is 6.26. The van der Waals surface area contributed by atoms with Gasteiger partial charge in [0.05, 0.1) is 18.3 Å².